The molecule has 3 nitrogen and oxygen atoms in total. The van der Waals surface area contributed by atoms with Crippen molar-refractivity contribution in [2.24, 2.45) is 0 Å². The summed E-state index contributed by atoms with van der Waals surface area (Å²) in [6.45, 7) is -0.911. The smallest absolute Gasteiger partial charge is 0.143 e. The second-order valence-electron chi connectivity index (χ2n) is 4.45. The first kappa shape index (κ1) is 14.3. The van der Waals surface area contributed by atoms with Crippen LogP contribution in [0.1, 0.15) is 11.1 Å². The Hall–Kier alpha value is -2.07. The van der Waals surface area contributed by atoms with E-state index in [2.05, 4.69) is 0 Å². The molecule has 2 aromatic rings. The number of rotatable bonds is 5. The number of hydrogen-bond acceptors (Lipinski definition) is 3. The van der Waals surface area contributed by atoms with Crippen molar-refractivity contribution in [2.75, 3.05) is 20.9 Å². The molecule has 0 fully saturated rings. The molecule has 0 bridgehead atoms. The third-order valence-electron chi connectivity index (χ3n) is 3.33. The highest BCUT2D eigenvalue weighted by Crippen LogP contribution is 2.32. The lowest BCUT2D eigenvalue weighted by atomic mass is 9.87. The van der Waals surface area contributed by atoms with E-state index >= 15 is 0 Å². The van der Waals surface area contributed by atoms with Gasteiger partial charge in [0.1, 0.15) is 23.8 Å². The van der Waals surface area contributed by atoms with Crippen LogP contribution in [0, 0.1) is 0 Å². The molecule has 0 aliphatic carbocycles. The fourth-order valence-electron chi connectivity index (χ4n) is 2.05. The van der Waals surface area contributed by atoms with Crippen molar-refractivity contribution in [3.63, 3.8) is 0 Å². The molecule has 0 saturated heterocycles. The van der Waals surface area contributed by atoms with Gasteiger partial charge in [0.15, 0.2) is 0 Å². The Morgan fingerprint density at radius 2 is 1.20 bits per heavy atom. The van der Waals surface area contributed by atoms with Crippen molar-refractivity contribution in [1.29, 1.82) is 0 Å². The third kappa shape index (κ3) is 2.60. The molecule has 2 rings (SSSR count). The molecule has 20 heavy (non-hydrogen) atoms. The predicted molar refractivity (Wildman–Crippen MR) is 75.0 cm³/mol. The largest absolute Gasteiger partial charge is 0.497 e. The van der Waals surface area contributed by atoms with E-state index in [9.17, 15) is 9.50 Å². The van der Waals surface area contributed by atoms with Gasteiger partial charge in [-0.2, -0.15) is 0 Å². The topological polar surface area (TPSA) is 38.7 Å². The predicted octanol–water partition coefficient (Wildman–Crippen LogP) is 2.91. The Bertz CT molecular complexity index is 501. The van der Waals surface area contributed by atoms with E-state index in [0.717, 1.165) is 0 Å². The van der Waals surface area contributed by atoms with Crippen LogP contribution in [0.4, 0.5) is 4.39 Å². The molecule has 2 aromatic carbocycles. The molecule has 0 spiro atoms. The normalized spacial score (nSPS) is 11.2. The van der Waals surface area contributed by atoms with Crippen LogP contribution in [-0.4, -0.2) is 26.0 Å². The molecule has 1 N–H and O–H groups in total. The molecule has 0 saturated carbocycles. The zero-order chi connectivity index (χ0) is 14.6. The van der Waals surface area contributed by atoms with Gasteiger partial charge in [-0.25, -0.2) is 4.39 Å². The highest BCUT2D eigenvalue weighted by Gasteiger charge is 2.31. The Labute approximate surface area is 117 Å². The molecular formula is C16H17FO3. The molecule has 0 aromatic heterocycles. The summed E-state index contributed by atoms with van der Waals surface area (Å²) in [6, 6.07) is 13.4. The van der Waals surface area contributed by atoms with Crippen molar-refractivity contribution in [2.45, 2.75) is 5.60 Å². The Morgan fingerprint density at radius 3 is 1.45 bits per heavy atom. The first-order valence-electron chi connectivity index (χ1n) is 6.21. The molecule has 0 heterocycles. The van der Waals surface area contributed by atoms with Gasteiger partial charge in [-0.15, -0.1) is 0 Å². The van der Waals surface area contributed by atoms with Gasteiger partial charge in [-0.05, 0) is 35.4 Å². The first-order valence-corrected chi connectivity index (χ1v) is 6.21. The second-order valence-corrected chi connectivity index (χ2v) is 4.45. The lowest BCUT2D eigenvalue weighted by Gasteiger charge is -2.26. The Balaban J connectivity index is 2.39. The van der Waals surface area contributed by atoms with Crippen LogP contribution in [-0.2, 0) is 5.60 Å². The van der Waals surface area contributed by atoms with Gasteiger partial charge in [0.2, 0.25) is 0 Å². The summed E-state index contributed by atoms with van der Waals surface area (Å²) in [7, 11) is 3.11. The van der Waals surface area contributed by atoms with Crippen molar-refractivity contribution in [1.82, 2.24) is 0 Å². The number of methoxy groups -OCH3 is 2. The number of ether oxygens (including phenoxy) is 2. The summed E-state index contributed by atoms with van der Waals surface area (Å²) in [5.74, 6) is 1.31. The number of halogens is 1. The van der Waals surface area contributed by atoms with Gasteiger partial charge in [0.25, 0.3) is 0 Å². The SMILES string of the molecule is COc1ccc(C(O)(CF)c2ccc(OC)cc2)cc1. The van der Waals surface area contributed by atoms with E-state index in [1.807, 2.05) is 0 Å². The van der Waals surface area contributed by atoms with Crippen LogP contribution in [0.15, 0.2) is 48.5 Å². The average Bonchev–Trinajstić information content (AvgIpc) is 2.54. The lowest BCUT2D eigenvalue weighted by molar-refractivity contribution is 0.0517. The van der Waals surface area contributed by atoms with E-state index < -0.39 is 12.3 Å². The van der Waals surface area contributed by atoms with E-state index in [1.165, 1.54) is 0 Å². The highest BCUT2D eigenvalue weighted by atomic mass is 19.1. The maximum absolute atomic E-state index is 13.5. The summed E-state index contributed by atoms with van der Waals surface area (Å²) in [5.41, 5.74) is -0.713. The van der Waals surface area contributed by atoms with E-state index in [-0.39, 0.29) is 0 Å². The monoisotopic (exact) mass is 276 g/mol. The number of hydrogen-bond donors (Lipinski definition) is 1. The number of alkyl halides is 1. The minimum absolute atomic E-state index is 0.478. The maximum Gasteiger partial charge on any atom is 0.143 e. The second kappa shape index (κ2) is 5.92. The van der Waals surface area contributed by atoms with Gasteiger partial charge in [-0.3, -0.25) is 0 Å². The highest BCUT2D eigenvalue weighted by molar-refractivity contribution is 5.40. The van der Waals surface area contributed by atoms with Gasteiger partial charge >= 0.3 is 0 Å². The number of aliphatic hydroxyl groups is 1. The van der Waals surface area contributed by atoms with Gasteiger partial charge < -0.3 is 14.6 Å². The van der Waals surface area contributed by atoms with Crippen LogP contribution in [0.3, 0.4) is 0 Å². The molecule has 106 valence electrons. The zero-order valence-electron chi connectivity index (χ0n) is 11.5. The first-order chi connectivity index (χ1) is 9.63. The molecule has 4 heteroatoms. The van der Waals surface area contributed by atoms with Crippen molar-refractivity contribution in [3.05, 3.63) is 59.7 Å². The van der Waals surface area contributed by atoms with Crippen LogP contribution in [0.5, 0.6) is 11.5 Å². The molecule has 0 atom stereocenters. The van der Waals surface area contributed by atoms with E-state index in [0.29, 0.717) is 22.6 Å². The Kier molecular flexibility index (Phi) is 4.25. The van der Waals surface area contributed by atoms with Crippen molar-refractivity contribution < 1.29 is 19.0 Å². The summed E-state index contributed by atoms with van der Waals surface area (Å²) in [6.07, 6.45) is 0. The van der Waals surface area contributed by atoms with Crippen LogP contribution >= 0.6 is 0 Å². The third-order valence-corrected chi connectivity index (χ3v) is 3.33. The number of benzene rings is 2. The summed E-state index contributed by atoms with van der Waals surface area (Å²) in [5, 5.41) is 10.6. The molecule has 0 aliphatic rings. The van der Waals surface area contributed by atoms with Crippen molar-refractivity contribution >= 4 is 0 Å². The van der Waals surface area contributed by atoms with Crippen LogP contribution in [0.25, 0.3) is 0 Å². The zero-order valence-corrected chi connectivity index (χ0v) is 11.5. The Morgan fingerprint density at radius 1 is 0.850 bits per heavy atom. The summed E-state index contributed by atoms with van der Waals surface area (Å²) >= 11 is 0. The molecule has 0 radical (unpaired) electrons. The van der Waals surface area contributed by atoms with E-state index in [4.69, 9.17) is 9.47 Å². The van der Waals surface area contributed by atoms with Gasteiger partial charge in [0, 0.05) is 0 Å². The summed E-state index contributed by atoms with van der Waals surface area (Å²) in [4.78, 5) is 0. The average molecular weight is 276 g/mol. The fraction of sp³-hybridized carbons (Fsp3) is 0.250. The van der Waals surface area contributed by atoms with Crippen LogP contribution in [0.2, 0.25) is 0 Å². The minimum atomic E-state index is -1.67. The fourth-order valence-corrected chi connectivity index (χ4v) is 2.05. The van der Waals surface area contributed by atoms with Crippen LogP contribution < -0.4 is 9.47 Å². The standard InChI is InChI=1S/C16H17FO3/c1-19-14-7-3-12(4-8-14)16(18,11-17)13-5-9-15(20-2)10-6-13/h3-10,18H,11H2,1-2H3. The van der Waals surface area contributed by atoms with E-state index in [1.54, 1.807) is 62.8 Å². The molecule has 0 aliphatic heterocycles. The van der Waals surface area contributed by atoms with Gasteiger partial charge in [0.05, 0.1) is 14.2 Å². The molecule has 0 unspecified atom stereocenters. The van der Waals surface area contributed by atoms with Crippen molar-refractivity contribution in [3.8, 4) is 11.5 Å². The summed E-state index contributed by atoms with van der Waals surface area (Å²) < 4.78 is 23.6. The van der Waals surface area contributed by atoms with Gasteiger partial charge in [-0.1, -0.05) is 24.3 Å². The molecular weight excluding hydrogens is 259 g/mol. The lowest BCUT2D eigenvalue weighted by Crippen LogP contribution is -2.29. The quantitative estimate of drug-likeness (QED) is 0.912. The molecule has 0 amide bonds. The maximum atomic E-state index is 13.5. The minimum Gasteiger partial charge on any atom is -0.497 e.